The summed E-state index contributed by atoms with van der Waals surface area (Å²) in [5.41, 5.74) is 3.57. The summed E-state index contributed by atoms with van der Waals surface area (Å²) in [6.45, 7) is 2.53. The maximum atomic E-state index is 12.2. The van der Waals surface area contributed by atoms with Gasteiger partial charge in [0.15, 0.2) is 0 Å². The summed E-state index contributed by atoms with van der Waals surface area (Å²) in [4.78, 5) is 37.4. The average molecular weight is 303 g/mol. The van der Waals surface area contributed by atoms with Crippen LogP contribution in [0, 0.1) is 0 Å². The van der Waals surface area contributed by atoms with Gasteiger partial charge in [-0.05, 0) is 12.1 Å². The van der Waals surface area contributed by atoms with Crippen LogP contribution in [0.5, 0.6) is 0 Å². The SMILES string of the molecule is O=C(CCN1C(=O)c2ccccc2C1=O)NN1CCOCC1. The minimum atomic E-state index is -0.334. The van der Waals surface area contributed by atoms with Crippen molar-refractivity contribution in [1.82, 2.24) is 15.3 Å². The molecule has 22 heavy (non-hydrogen) atoms. The van der Waals surface area contributed by atoms with Crippen LogP contribution in [0.3, 0.4) is 0 Å². The Bertz CT molecular complexity index is 576. The molecule has 7 nitrogen and oxygen atoms in total. The van der Waals surface area contributed by atoms with Gasteiger partial charge in [-0.25, -0.2) is 5.01 Å². The van der Waals surface area contributed by atoms with E-state index in [-0.39, 0.29) is 30.7 Å². The minimum Gasteiger partial charge on any atom is -0.379 e. The summed E-state index contributed by atoms with van der Waals surface area (Å²) in [7, 11) is 0. The number of hydrazine groups is 1. The van der Waals surface area contributed by atoms with Crippen molar-refractivity contribution in [3.8, 4) is 0 Å². The zero-order chi connectivity index (χ0) is 15.5. The van der Waals surface area contributed by atoms with E-state index in [1.165, 1.54) is 0 Å². The van der Waals surface area contributed by atoms with Gasteiger partial charge in [0.25, 0.3) is 11.8 Å². The van der Waals surface area contributed by atoms with Gasteiger partial charge in [0, 0.05) is 26.1 Å². The Balaban J connectivity index is 1.55. The molecule has 3 rings (SSSR count). The van der Waals surface area contributed by atoms with Crippen LogP contribution in [0.15, 0.2) is 24.3 Å². The standard InChI is InChI=1S/C15H17N3O4/c19-13(16-17-7-9-22-10-8-17)5-6-18-14(20)11-3-1-2-4-12(11)15(18)21/h1-4H,5-10H2,(H,16,19). The fraction of sp³-hybridized carbons (Fsp3) is 0.400. The van der Waals surface area contributed by atoms with Gasteiger partial charge in [0.2, 0.25) is 5.91 Å². The predicted molar refractivity (Wildman–Crippen MR) is 77.0 cm³/mol. The van der Waals surface area contributed by atoms with E-state index < -0.39 is 0 Å². The highest BCUT2D eigenvalue weighted by atomic mass is 16.5. The van der Waals surface area contributed by atoms with E-state index in [0.29, 0.717) is 37.4 Å². The molecule has 116 valence electrons. The third-order valence-electron chi connectivity index (χ3n) is 3.73. The number of hydrogen-bond donors (Lipinski definition) is 1. The molecule has 1 aromatic carbocycles. The zero-order valence-corrected chi connectivity index (χ0v) is 12.1. The Morgan fingerprint density at radius 2 is 1.68 bits per heavy atom. The van der Waals surface area contributed by atoms with E-state index in [4.69, 9.17) is 4.74 Å². The van der Waals surface area contributed by atoms with Gasteiger partial charge in [-0.1, -0.05) is 12.1 Å². The number of nitrogens with one attached hydrogen (secondary N) is 1. The number of benzene rings is 1. The Labute approximate surface area is 127 Å². The Kier molecular flexibility index (Phi) is 4.17. The highest BCUT2D eigenvalue weighted by Crippen LogP contribution is 2.22. The number of ether oxygens (including phenoxy) is 1. The largest absolute Gasteiger partial charge is 0.379 e. The highest BCUT2D eigenvalue weighted by molar-refractivity contribution is 6.21. The van der Waals surface area contributed by atoms with Gasteiger partial charge in [-0.2, -0.15) is 0 Å². The maximum Gasteiger partial charge on any atom is 0.261 e. The Hall–Kier alpha value is -2.25. The van der Waals surface area contributed by atoms with E-state index in [2.05, 4.69) is 5.43 Å². The topological polar surface area (TPSA) is 79.0 Å². The van der Waals surface area contributed by atoms with Crippen molar-refractivity contribution in [3.63, 3.8) is 0 Å². The van der Waals surface area contributed by atoms with E-state index >= 15 is 0 Å². The highest BCUT2D eigenvalue weighted by Gasteiger charge is 2.35. The Morgan fingerprint density at radius 3 is 2.27 bits per heavy atom. The van der Waals surface area contributed by atoms with Gasteiger partial charge in [0.1, 0.15) is 0 Å². The van der Waals surface area contributed by atoms with Crippen LogP contribution in [0.1, 0.15) is 27.1 Å². The molecule has 7 heteroatoms. The van der Waals surface area contributed by atoms with Crippen molar-refractivity contribution >= 4 is 17.7 Å². The van der Waals surface area contributed by atoms with Crippen molar-refractivity contribution in [2.24, 2.45) is 0 Å². The van der Waals surface area contributed by atoms with Crippen LogP contribution >= 0.6 is 0 Å². The number of amides is 3. The summed E-state index contributed by atoms with van der Waals surface area (Å²) >= 11 is 0. The molecule has 3 amide bonds. The molecule has 0 bridgehead atoms. The van der Waals surface area contributed by atoms with Crippen molar-refractivity contribution in [2.45, 2.75) is 6.42 Å². The minimum absolute atomic E-state index is 0.0858. The maximum absolute atomic E-state index is 12.2. The van der Waals surface area contributed by atoms with E-state index in [9.17, 15) is 14.4 Å². The first kappa shape index (κ1) is 14.7. The third-order valence-corrected chi connectivity index (χ3v) is 3.73. The molecule has 0 aliphatic carbocycles. The molecular formula is C15H17N3O4. The molecule has 0 unspecified atom stereocenters. The van der Waals surface area contributed by atoms with Crippen LogP contribution in [-0.2, 0) is 9.53 Å². The number of carbonyl (C=O) groups excluding carboxylic acids is 3. The molecule has 1 N–H and O–H groups in total. The number of carbonyl (C=O) groups is 3. The third kappa shape index (κ3) is 2.86. The first-order chi connectivity index (χ1) is 10.7. The lowest BCUT2D eigenvalue weighted by Gasteiger charge is -2.27. The smallest absolute Gasteiger partial charge is 0.261 e. The van der Waals surface area contributed by atoms with E-state index in [1.807, 2.05) is 0 Å². The molecule has 0 spiro atoms. The summed E-state index contributed by atoms with van der Waals surface area (Å²) < 4.78 is 5.20. The molecule has 2 aliphatic rings. The summed E-state index contributed by atoms with van der Waals surface area (Å²) in [5.74, 6) is -0.877. The molecule has 0 atom stereocenters. The lowest BCUT2D eigenvalue weighted by molar-refractivity contribution is -0.128. The van der Waals surface area contributed by atoms with Crippen molar-refractivity contribution in [3.05, 3.63) is 35.4 Å². The van der Waals surface area contributed by atoms with Crippen LogP contribution in [0.25, 0.3) is 0 Å². The van der Waals surface area contributed by atoms with E-state index in [0.717, 1.165) is 4.90 Å². The van der Waals surface area contributed by atoms with Crippen LogP contribution in [-0.4, -0.2) is 60.5 Å². The number of rotatable bonds is 4. The average Bonchev–Trinajstić information content (AvgIpc) is 2.78. The predicted octanol–water partition coefficient (Wildman–Crippen LogP) is 0.0361. The lowest BCUT2D eigenvalue weighted by atomic mass is 10.1. The summed E-state index contributed by atoms with van der Waals surface area (Å²) in [6, 6.07) is 6.70. The molecule has 0 radical (unpaired) electrons. The van der Waals surface area contributed by atoms with Crippen molar-refractivity contribution in [1.29, 1.82) is 0 Å². The number of nitrogens with zero attached hydrogens (tertiary/aromatic N) is 2. The molecular weight excluding hydrogens is 286 g/mol. The second-order valence-electron chi connectivity index (χ2n) is 5.19. The fourth-order valence-corrected chi connectivity index (χ4v) is 2.56. The number of morpholine rings is 1. The molecule has 2 aliphatic heterocycles. The van der Waals surface area contributed by atoms with Gasteiger partial charge in [-0.15, -0.1) is 0 Å². The normalized spacial score (nSPS) is 18.5. The second-order valence-corrected chi connectivity index (χ2v) is 5.19. The van der Waals surface area contributed by atoms with Crippen LogP contribution in [0.2, 0.25) is 0 Å². The first-order valence-corrected chi connectivity index (χ1v) is 7.24. The number of hydrogen-bond acceptors (Lipinski definition) is 5. The summed E-state index contributed by atoms with van der Waals surface area (Å²) in [5, 5.41) is 1.79. The van der Waals surface area contributed by atoms with Gasteiger partial charge in [-0.3, -0.25) is 24.7 Å². The molecule has 2 heterocycles. The second kappa shape index (κ2) is 6.25. The number of imide groups is 1. The molecule has 0 aromatic heterocycles. The lowest BCUT2D eigenvalue weighted by Crippen LogP contribution is -2.49. The van der Waals surface area contributed by atoms with Crippen molar-refractivity contribution < 1.29 is 19.1 Å². The zero-order valence-electron chi connectivity index (χ0n) is 12.1. The monoisotopic (exact) mass is 303 g/mol. The van der Waals surface area contributed by atoms with Crippen LogP contribution < -0.4 is 5.43 Å². The molecule has 1 saturated heterocycles. The van der Waals surface area contributed by atoms with Gasteiger partial charge < -0.3 is 4.74 Å². The van der Waals surface area contributed by atoms with Gasteiger partial charge in [0.05, 0.1) is 24.3 Å². The van der Waals surface area contributed by atoms with Crippen molar-refractivity contribution in [2.75, 3.05) is 32.8 Å². The quantitative estimate of drug-likeness (QED) is 0.794. The molecule has 1 fully saturated rings. The van der Waals surface area contributed by atoms with Crippen LogP contribution in [0.4, 0.5) is 0 Å². The molecule has 0 saturated carbocycles. The van der Waals surface area contributed by atoms with E-state index in [1.54, 1.807) is 29.3 Å². The number of fused-ring (bicyclic) bond motifs is 1. The Morgan fingerprint density at radius 1 is 1.09 bits per heavy atom. The van der Waals surface area contributed by atoms with Gasteiger partial charge >= 0.3 is 0 Å². The summed E-state index contributed by atoms with van der Waals surface area (Å²) in [6.07, 6.45) is 0.0861. The first-order valence-electron chi connectivity index (χ1n) is 7.24. The fourth-order valence-electron chi connectivity index (χ4n) is 2.56. The molecule has 1 aromatic rings.